The molecule has 0 saturated carbocycles. The highest BCUT2D eigenvalue weighted by molar-refractivity contribution is 5.86. The minimum atomic E-state index is 0.0307. The van der Waals surface area contributed by atoms with Crippen molar-refractivity contribution in [3.63, 3.8) is 0 Å². The summed E-state index contributed by atoms with van der Waals surface area (Å²) < 4.78 is 2.24. The first-order valence-corrected chi connectivity index (χ1v) is 13.0. The number of amides is 1. The second kappa shape index (κ2) is 11.2. The van der Waals surface area contributed by atoms with Crippen molar-refractivity contribution >= 4 is 16.7 Å². The molecule has 38 heavy (non-hydrogen) atoms. The van der Waals surface area contributed by atoms with Crippen molar-refractivity contribution in [3.05, 3.63) is 125 Å². The molecule has 0 spiro atoms. The summed E-state index contributed by atoms with van der Waals surface area (Å²) >= 11 is 0. The Bertz CT molecular complexity index is 1630. The smallest absolute Gasteiger partial charge is 0.220 e. The van der Waals surface area contributed by atoms with Crippen LogP contribution in [-0.4, -0.2) is 10.5 Å². The van der Waals surface area contributed by atoms with Crippen LogP contribution in [0.5, 0.6) is 0 Å². The fourth-order valence-electron chi connectivity index (χ4n) is 5.11. The minimum Gasteiger partial charge on any atom is -0.352 e. The molecule has 1 amide bonds. The van der Waals surface area contributed by atoms with Crippen LogP contribution in [-0.2, 0) is 24.2 Å². The molecule has 0 saturated heterocycles. The van der Waals surface area contributed by atoms with E-state index in [1.165, 1.54) is 27.5 Å². The summed E-state index contributed by atoms with van der Waals surface area (Å²) in [5.74, 6) is 0.0307. The molecule has 1 N–H and O–H groups in total. The molecule has 5 rings (SSSR count). The number of nitrogens with one attached hydrogen (secondary N) is 1. The first kappa shape index (κ1) is 25.0. The van der Waals surface area contributed by atoms with Crippen molar-refractivity contribution in [1.29, 1.82) is 5.26 Å². The van der Waals surface area contributed by atoms with E-state index in [0.717, 1.165) is 28.2 Å². The second-order valence-corrected chi connectivity index (χ2v) is 9.78. The van der Waals surface area contributed by atoms with Crippen molar-refractivity contribution in [2.24, 2.45) is 0 Å². The average Bonchev–Trinajstić information content (AvgIpc) is 3.35. The third kappa shape index (κ3) is 5.38. The van der Waals surface area contributed by atoms with Gasteiger partial charge in [0, 0.05) is 29.9 Å². The molecule has 0 unspecified atom stereocenters. The number of fused-ring (bicyclic) bond motifs is 1. The number of hydrogen-bond donors (Lipinski definition) is 1. The highest BCUT2D eigenvalue weighted by Gasteiger charge is 2.15. The van der Waals surface area contributed by atoms with E-state index in [0.29, 0.717) is 25.8 Å². The molecule has 1 heterocycles. The van der Waals surface area contributed by atoms with Crippen LogP contribution in [0.25, 0.3) is 27.7 Å². The molecular formula is C34H31N3O. The Balaban J connectivity index is 1.38. The summed E-state index contributed by atoms with van der Waals surface area (Å²) in [6, 6.07) is 35.6. The number of nitriles is 1. The lowest BCUT2D eigenvalue weighted by Gasteiger charge is -2.16. The summed E-state index contributed by atoms with van der Waals surface area (Å²) in [6.07, 6.45) is 1.40. The second-order valence-electron chi connectivity index (χ2n) is 9.78. The molecule has 0 fully saturated rings. The van der Waals surface area contributed by atoms with Gasteiger partial charge in [0.05, 0.1) is 18.2 Å². The van der Waals surface area contributed by atoms with E-state index in [4.69, 9.17) is 5.26 Å². The van der Waals surface area contributed by atoms with Crippen molar-refractivity contribution in [1.82, 2.24) is 9.88 Å². The minimum absolute atomic E-state index is 0.0307. The van der Waals surface area contributed by atoms with Crippen molar-refractivity contribution in [3.8, 4) is 23.0 Å². The van der Waals surface area contributed by atoms with Crippen LogP contribution in [0.15, 0.2) is 97.1 Å². The zero-order valence-corrected chi connectivity index (χ0v) is 21.9. The van der Waals surface area contributed by atoms with E-state index in [1.54, 1.807) is 0 Å². The van der Waals surface area contributed by atoms with Crippen molar-refractivity contribution in [2.45, 2.75) is 39.7 Å². The number of aromatic nitrogens is 1. The summed E-state index contributed by atoms with van der Waals surface area (Å²) in [5.41, 5.74) is 8.93. The van der Waals surface area contributed by atoms with E-state index < -0.39 is 0 Å². The van der Waals surface area contributed by atoms with E-state index in [-0.39, 0.29) is 5.91 Å². The molecule has 5 aromatic rings. The van der Waals surface area contributed by atoms with Gasteiger partial charge in [-0.3, -0.25) is 4.79 Å². The lowest BCUT2D eigenvalue weighted by Crippen LogP contribution is -2.23. The number of hydrogen-bond acceptors (Lipinski definition) is 2. The van der Waals surface area contributed by atoms with Gasteiger partial charge in [0.25, 0.3) is 0 Å². The third-order valence-electron chi connectivity index (χ3n) is 7.06. The molecule has 4 nitrogen and oxygen atoms in total. The van der Waals surface area contributed by atoms with Gasteiger partial charge in [-0.05, 0) is 72.0 Å². The summed E-state index contributed by atoms with van der Waals surface area (Å²) in [7, 11) is 0. The van der Waals surface area contributed by atoms with Crippen LogP contribution < -0.4 is 5.32 Å². The van der Waals surface area contributed by atoms with E-state index in [1.807, 2.05) is 30.3 Å². The molecule has 4 aromatic carbocycles. The predicted molar refractivity (Wildman–Crippen MR) is 154 cm³/mol. The quantitative estimate of drug-likeness (QED) is 0.246. The van der Waals surface area contributed by atoms with Crippen molar-refractivity contribution in [2.75, 3.05) is 0 Å². The van der Waals surface area contributed by atoms with Crippen molar-refractivity contribution < 1.29 is 4.79 Å². The van der Waals surface area contributed by atoms with Crippen LogP contribution >= 0.6 is 0 Å². The fourth-order valence-corrected chi connectivity index (χ4v) is 5.11. The molecule has 188 valence electrons. The van der Waals surface area contributed by atoms with Gasteiger partial charge in [-0.25, -0.2) is 0 Å². The lowest BCUT2D eigenvalue weighted by molar-refractivity contribution is -0.121. The molecule has 0 aliphatic carbocycles. The zero-order valence-electron chi connectivity index (χ0n) is 21.9. The largest absolute Gasteiger partial charge is 0.352 e. The monoisotopic (exact) mass is 497 g/mol. The van der Waals surface area contributed by atoms with Gasteiger partial charge in [0.15, 0.2) is 0 Å². The molecule has 0 aliphatic heterocycles. The van der Waals surface area contributed by atoms with Gasteiger partial charge < -0.3 is 9.88 Å². The molecule has 0 aliphatic rings. The molecule has 1 aromatic heterocycles. The Hall–Kier alpha value is -4.62. The maximum absolute atomic E-state index is 12.9. The number of carbonyl (C=O) groups is 1. The highest BCUT2D eigenvalue weighted by Crippen LogP contribution is 2.30. The summed E-state index contributed by atoms with van der Waals surface area (Å²) in [6.45, 7) is 4.75. The number of rotatable bonds is 8. The maximum atomic E-state index is 12.9. The number of benzene rings is 4. The third-order valence-corrected chi connectivity index (χ3v) is 7.06. The standard InChI is InChI=1S/C34H31N3O/c1-24-10-17-31(25(2)22-24)33-18-15-30(37(33)29-13-11-26(12-14-29)20-21-35)16-19-34(38)36-23-28-8-5-7-27-6-3-4-9-32(27)28/h3-15,17-18,22H,16,19-20,23H2,1-2H3,(H,36,38). The fraction of sp³-hybridized carbons (Fsp3) is 0.176. The van der Waals surface area contributed by atoms with Crippen LogP contribution in [0.1, 0.15) is 34.4 Å². The Morgan fingerprint density at radius 2 is 1.68 bits per heavy atom. The van der Waals surface area contributed by atoms with Crippen LogP contribution in [0, 0.1) is 25.2 Å². The molecule has 0 atom stereocenters. The molecular weight excluding hydrogens is 466 g/mol. The topological polar surface area (TPSA) is 57.8 Å². The van der Waals surface area contributed by atoms with E-state index >= 15 is 0 Å². The lowest BCUT2D eigenvalue weighted by atomic mass is 10.0. The van der Waals surface area contributed by atoms with Gasteiger partial charge in [-0.2, -0.15) is 5.26 Å². The average molecular weight is 498 g/mol. The van der Waals surface area contributed by atoms with Gasteiger partial charge in [-0.15, -0.1) is 0 Å². The molecule has 0 radical (unpaired) electrons. The molecule has 4 heteroatoms. The number of nitrogens with zero attached hydrogens (tertiary/aromatic N) is 2. The Morgan fingerprint density at radius 3 is 2.47 bits per heavy atom. The number of carbonyl (C=O) groups excluding carboxylic acids is 1. The Morgan fingerprint density at radius 1 is 0.895 bits per heavy atom. The normalized spacial score (nSPS) is 10.9. The van der Waals surface area contributed by atoms with Gasteiger partial charge in [0.2, 0.25) is 5.91 Å². The molecule has 0 bridgehead atoms. The Labute approximate surface area is 224 Å². The van der Waals surface area contributed by atoms with Gasteiger partial charge >= 0.3 is 0 Å². The van der Waals surface area contributed by atoms with Crippen LogP contribution in [0.4, 0.5) is 0 Å². The maximum Gasteiger partial charge on any atom is 0.220 e. The highest BCUT2D eigenvalue weighted by atomic mass is 16.1. The van der Waals surface area contributed by atoms with Crippen LogP contribution in [0.3, 0.4) is 0 Å². The summed E-state index contributed by atoms with van der Waals surface area (Å²) in [5, 5.41) is 14.5. The summed E-state index contributed by atoms with van der Waals surface area (Å²) in [4.78, 5) is 12.9. The van der Waals surface area contributed by atoms with Gasteiger partial charge in [-0.1, -0.05) is 78.4 Å². The van der Waals surface area contributed by atoms with Gasteiger partial charge in [0.1, 0.15) is 0 Å². The Kier molecular flexibility index (Phi) is 7.38. The first-order valence-electron chi connectivity index (χ1n) is 13.0. The first-order chi connectivity index (χ1) is 18.5. The number of aryl methyl sites for hydroxylation is 3. The van der Waals surface area contributed by atoms with E-state index in [2.05, 4.69) is 96.5 Å². The SMILES string of the molecule is Cc1ccc(-c2ccc(CCC(=O)NCc3cccc4ccccc34)n2-c2ccc(CC#N)cc2)c(C)c1. The zero-order chi connectivity index (χ0) is 26.5. The van der Waals surface area contributed by atoms with E-state index in [9.17, 15) is 4.79 Å². The van der Waals surface area contributed by atoms with Crippen LogP contribution in [0.2, 0.25) is 0 Å². The predicted octanol–water partition coefficient (Wildman–Crippen LogP) is 7.23.